The normalized spacial score (nSPS) is 10.3. The molecule has 0 saturated carbocycles. The molecule has 2 nitrogen and oxygen atoms in total. The van der Waals surface area contributed by atoms with Gasteiger partial charge in [0.15, 0.2) is 0 Å². The lowest BCUT2D eigenvalue weighted by Crippen LogP contribution is -2.12. The van der Waals surface area contributed by atoms with Crippen LogP contribution in [0.5, 0.6) is 0 Å². The van der Waals surface area contributed by atoms with Gasteiger partial charge in [-0.05, 0) is 71.0 Å². The van der Waals surface area contributed by atoms with Crippen LogP contribution in [-0.2, 0) is 5.88 Å². The van der Waals surface area contributed by atoms with Crippen LogP contribution < -0.4 is 5.32 Å². The van der Waals surface area contributed by atoms with Gasteiger partial charge in [-0.2, -0.15) is 0 Å². The number of hydrogen-bond donors (Lipinski definition) is 1. The van der Waals surface area contributed by atoms with E-state index < -0.39 is 0 Å². The van der Waals surface area contributed by atoms with Crippen molar-refractivity contribution in [3.05, 3.63) is 62.7 Å². The molecule has 1 amide bonds. The van der Waals surface area contributed by atoms with E-state index in [1.807, 2.05) is 37.3 Å². The predicted octanol–water partition coefficient (Wildman–Crippen LogP) is 4.59. The lowest BCUT2D eigenvalue weighted by atomic mass is 10.1. The van der Waals surface area contributed by atoms with E-state index in [-0.39, 0.29) is 5.91 Å². The van der Waals surface area contributed by atoms with Crippen LogP contribution in [0.2, 0.25) is 0 Å². The largest absolute Gasteiger partial charge is 0.322 e. The molecule has 2 aromatic rings. The van der Waals surface area contributed by atoms with Crippen LogP contribution in [0.1, 0.15) is 21.5 Å². The van der Waals surface area contributed by atoms with Crippen molar-refractivity contribution in [2.24, 2.45) is 0 Å². The SMILES string of the molecule is Cc1cc(I)ccc1NC(=O)c1ccc(CCl)cc1. The van der Waals surface area contributed by atoms with Crippen molar-refractivity contribution in [3.8, 4) is 0 Å². The molecule has 0 atom stereocenters. The Balaban J connectivity index is 2.15. The molecule has 0 fully saturated rings. The molecule has 19 heavy (non-hydrogen) atoms. The van der Waals surface area contributed by atoms with Crippen molar-refractivity contribution in [3.63, 3.8) is 0 Å². The lowest BCUT2D eigenvalue weighted by Gasteiger charge is -2.09. The first kappa shape index (κ1) is 14.3. The number of alkyl halides is 1. The van der Waals surface area contributed by atoms with Gasteiger partial charge in [0.25, 0.3) is 5.91 Å². The molecule has 0 radical (unpaired) electrons. The molecule has 0 saturated heterocycles. The zero-order chi connectivity index (χ0) is 13.8. The minimum absolute atomic E-state index is 0.106. The monoisotopic (exact) mass is 385 g/mol. The first-order chi connectivity index (χ1) is 9.10. The van der Waals surface area contributed by atoms with Gasteiger partial charge in [0.05, 0.1) is 0 Å². The van der Waals surface area contributed by atoms with Crippen molar-refractivity contribution >= 4 is 45.8 Å². The van der Waals surface area contributed by atoms with Crippen LogP contribution in [0.3, 0.4) is 0 Å². The molecule has 0 unspecified atom stereocenters. The van der Waals surface area contributed by atoms with E-state index in [2.05, 4.69) is 27.9 Å². The predicted molar refractivity (Wildman–Crippen MR) is 87.8 cm³/mol. The molecule has 0 aliphatic rings. The molecule has 0 aliphatic heterocycles. The van der Waals surface area contributed by atoms with Gasteiger partial charge < -0.3 is 5.32 Å². The maximum absolute atomic E-state index is 12.1. The molecule has 2 rings (SSSR count). The number of benzene rings is 2. The van der Waals surface area contributed by atoms with Crippen LogP contribution in [-0.4, -0.2) is 5.91 Å². The molecule has 0 aliphatic carbocycles. The molecule has 2 aromatic carbocycles. The molecule has 0 bridgehead atoms. The molecular formula is C15H13ClINO. The molecule has 0 aromatic heterocycles. The highest BCUT2D eigenvalue weighted by Crippen LogP contribution is 2.18. The minimum Gasteiger partial charge on any atom is -0.322 e. The molecule has 0 spiro atoms. The van der Waals surface area contributed by atoms with Gasteiger partial charge in [0.2, 0.25) is 0 Å². The number of carbonyl (C=O) groups excluding carboxylic acids is 1. The smallest absolute Gasteiger partial charge is 0.255 e. The maximum atomic E-state index is 12.1. The zero-order valence-corrected chi connectivity index (χ0v) is 13.3. The number of amides is 1. The number of carbonyl (C=O) groups is 1. The maximum Gasteiger partial charge on any atom is 0.255 e. The number of rotatable bonds is 3. The highest BCUT2D eigenvalue weighted by Gasteiger charge is 2.07. The molecule has 1 N–H and O–H groups in total. The zero-order valence-electron chi connectivity index (χ0n) is 10.4. The third kappa shape index (κ3) is 3.70. The van der Waals surface area contributed by atoms with E-state index in [9.17, 15) is 4.79 Å². The number of aryl methyl sites for hydroxylation is 1. The Kier molecular flexibility index (Phi) is 4.82. The van der Waals surface area contributed by atoms with Gasteiger partial charge in [-0.25, -0.2) is 0 Å². The average Bonchev–Trinajstić information content (AvgIpc) is 2.42. The Hall–Kier alpha value is -1.07. The summed E-state index contributed by atoms with van der Waals surface area (Å²) in [5.41, 5.74) is 3.53. The first-order valence-electron chi connectivity index (χ1n) is 5.82. The quantitative estimate of drug-likeness (QED) is 0.607. The van der Waals surface area contributed by atoms with Crippen LogP contribution in [0.4, 0.5) is 5.69 Å². The second-order valence-electron chi connectivity index (χ2n) is 4.24. The van der Waals surface area contributed by atoms with Crippen molar-refractivity contribution in [1.29, 1.82) is 0 Å². The van der Waals surface area contributed by atoms with Crippen LogP contribution in [0, 0.1) is 10.5 Å². The minimum atomic E-state index is -0.106. The summed E-state index contributed by atoms with van der Waals surface area (Å²) >= 11 is 7.97. The molecular weight excluding hydrogens is 373 g/mol. The van der Waals surface area contributed by atoms with Crippen molar-refractivity contribution in [1.82, 2.24) is 0 Å². The van der Waals surface area contributed by atoms with E-state index in [0.717, 1.165) is 20.4 Å². The fourth-order valence-corrected chi connectivity index (χ4v) is 2.53. The third-order valence-electron chi connectivity index (χ3n) is 2.81. The fourth-order valence-electron chi connectivity index (χ4n) is 1.71. The summed E-state index contributed by atoms with van der Waals surface area (Å²) in [6.45, 7) is 1.98. The van der Waals surface area contributed by atoms with Crippen LogP contribution in [0.25, 0.3) is 0 Å². The standard InChI is InChI=1S/C15H13ClINO/c1-10-8-13(17)6-7-14(10)18-15(19)12-4-2-11(9-16)3-5-12/h2-8H,9H2,1H3,(H,18,19). The summed E-state index contributed by atoms with van der Waals surface area (Å²) in [4.78, 5) is 12.1. The fraction of sp³-hybridized carbons (Fsp3) is 0.133. The highest BCUT2D eigenvalue weighted by molar-refractivity contribution is 14.1. The summed E-state index contributed by atoms with van der Waals surface area (Å²) in [6, 6.07) is 13.2. The number of hydrogen-bond acceptors (Lipinski definition) is 1. The van der Waals surface area contributed by atoms with Crippen LogP contribution in [0.15, 0.2) is 42.5 Å². The second-order valence-corrected chi connectivity index (χ2v) is 5.76. The second kappa shape index (κ2) is 6.39. The summed E-state index contributed by atoms with van der Waals surface area (Å²) < 4.78 is 1.15. The third-order valence-corrected chi connectivity index (χ3v) is 3.79. The Morgan fingerprint density at radius 1 is 1.21 bits per heavy atom. The first-order valence-corrected chi connectivity index (χ1v) is 7.44. The Morgan fingerprint density at radius 3 is 2.47 bits per heavy atom. The summed E-state index contributed by atoms with van der Waals surface area (Å²) in [5, 5.41) is 2.92. The van der Waals surface area contributed by atoms with Gasteiger partial charge >= 0.3 is 0 Å². The van der Waals surface area contributed by atoms with Crippen LogP contribution >= 0.6 is 34.2 Å². The van der Waals surface area contributed by atoms with Gasteiger partial charge in [0, 0.05) is 20.7 Å². The van der Waals surface area contributed by atoms with E-state index in [0.29, 0.717) is 11.4 Å². The van der Waals surface area contributed by atoms with Crippen molar-refractivity contribution in [2.75, 3.05) is 5.32 Å². The van der Waals surface area contributed by atoms with Gasteiger partial charge in [-0.3, -0.25) is 4.79 Å². The van der Waals surface area contributed by atoms with E-state index in [4.69, 9.17) is 11.6 Å². The Labute approximate surface area is 131 Å². The Morgan fingerprint density at radius 2 is 1.89 bits per heavy atom. The van der Waals surface area contributed by atoms with E-state index in [1.165, 1.54) is 0 Å². The van der Waals surface area contributed by atoms with E-state index >= 15 is 0 Å². The van der Waals surface area contributed by atoms with Gasteiger partial charge in [-0.1, -0.05) is 12.1 Å². The van der Waals surface area contributed by atoms with E-state index in [1.54, 1.807) is 12.1 Å². The van der Waals surface area contributed by atoms with Crippen molar-refractivity contribution < 1.29 is 4.79 Å². The highest BCUT2D eigenvalue weighted by atomic mass is 127. The molecule has 4 heteroatoms. The lowest BCUT2D eigenvalue weighted by molar-refractivity contribution is 0.102. The molecule has 0 heterocycles. The number of halogens is 2. The van der Waals surface area contributed by atoms with Gasteiger partial charge in [-0.15, -0.1) is 11.6 Å². The van der Waals surface area contributed by atoms with Gasteiger partial charge in [0.1, 0.15) is 0 Å². The summed E-state index contributed by atoms with van der Waals surface area (Å²) in [7, 11) is 0. The number of nitrogens with one attached hydrogen (secondary N) is 1. The topological polar surface area (TPSA) is 29.1 Å². The summed E-state index contributed by atoms with van der Waals surface area (Å²) in [6.07, 6.45) is 0. The molecule has 98 valence electrons. The van der Waals surface area contributed by atoms with Crippen molar-refractivity contribution in [2.45, 2.75) is 12.8 Å². The summed E-state index contributed by atoms with van der Waals surface area (Å²) in [5.74, 6) is 0.350. The Bertz CT molecular complexity index is 596. The number of anilines is 1. The average molecular weight is 386 g/mol.